The summed E-state index contributed by atoms with van der Waals surface area (Å²) in [5.41, 5.74) is 0.276. The van der Waals surface area contributed by atoms with E-state index in [1.54, 1.807) is 0 Å². The van der Waals surface area contributed by atoms with Crippen molar-refractivity contribution in [3.05, 3.63) is 0 Å². The Hall–Kier alpha value is -0.770. The number of hydrogen-bond donors (Lipinski definition) is 1. The number of nitrogens with zero attached hydrogens (tertiary/aromatic N) is 1. The summed E-state index contributed by atoms with van der Waals surface area (Å²) in [5.74, 6) is 0. The summed E-state index contributed by atoms with van der Waals surface area (Å²) < 4.78 is 5.02. The van der Waals surface area contributed by atoms with Gasteiger partial charge in [0.1, 0.15) is 0 Å². The molecule has 0 bridgehead atoms. The summed E-state index contributed by atoms with van der Waals surface area (Å²) in [6.45, 7) is 12.9. The summed E-state index contributed by atoms with van der Waals surface area (Å²) in [5, 5.41) is 3.67. The van der Waals surface area contributed by atoms with Crippen LogP contribution < -0.4 is 5.32 Å². The number of amides is 1. The van der Waals surface area contributed by atoms with Gasteiger partial charge in [-0.1, -0.05) is 20.8 Å². The lowest BCUT2D eigenvalue weighted by Crippen LogP contribution is -2.50. The minimum atomic E-state index is -0.167. The van der Waals surface area contributed by atoms with Crippen LogP contribution in [0.1, 0.15) is 47.5 Å². The fourth-order valence-electron chi connectivity index (χ4n) is 2.05. The lowest BCUT2D eigenvalue weighted by atomic mass is 9.87. The molecule has 4 heteroatoms. The molecule has 1 fully saturated rings. The van der Waals surface area contributed by atoms with Gasteiger partial charge in [0.2, 0.25) is 0 Å². The zero-order chi connectivity index (χ0) is 13.8. The van der Waals surface area contributed by atoms with Crippen molar-refractivity contribution in [3.8, 4) is 0 Å². The van der Waals surface area contributed by atoms with E-state index in [1.165, 1.54) is 0 Å². The van der Waals surface area contributed by atoms with Gasteiger partial charge in [0.15, 0.2) is 0 Å². The first-order valence-corrected chi connectivity index (χ1v) is 7.02. The molecule has 1 N–H and O–H groups in total. The van der Waals surface area contributed by atoms with Gasteiger partial charge in [0.05, 0.1) is 6.61 Å². The van der Waals surface area contributed by atoms with E-state index in [0.717, 1.165) is 25.9 Å². The maximum Gasteiger partial charge on any atom is 0.409 e. The minimum absolute atomic E-state index is 0.167. The van der Waals surface area contributed by atoms with Gasteiger partial charge in [-0.25, -0.2) is 4.79 Å². The van der Waals surface area contributed by atoms with Crippen molar-refractivity contribution in [1.82, 2.24) is 10.2 Å². The van der Waals surface area contributed by atoms with Gasteiger partial charge in [-0.2, -0.15) is 0 Å². The van der Waals surface area contributed by atoms with Crippen molar-refractivity contribution < 1.29 is 9.53 Å². The predicted molar refractivity (Wildman–Crippen MR) is 73.7 cm³/mol. The summed E-state index contributed by atoms with van der Waals surface area (Å²) in [6.07, 6.45) is 1.86. The van der Waals surface area contributed by atoms with Crippen LogP contribution in [0.2, 0.25) is 0 Å². The van der Waals surface area contributed by atoms with Crippen LogP contribution in [0.25, 0.3) is 0 Å². The van der Waals surface area contributed by atoms with Crippen molar-refractivity contribution in [2.24, 2.45) is 5.41 Å². The Morgan fingerprint density at radius 1 is 1.39 bits per heavy atom. The van der Waals surface area contributed by atoms with E-state index in [1.807, 2.05) is 11.8 Å². The van der Waals surface area contributed by atoms with Gasteiger partial charge in [-0.05, 0) is 32.1 Å². The van der Waals surface area contributed by atoms with Crippen LogP contribution >= 0.6 is 0 Å². The van der Waals surface area contributed by atoms with Crippen molar-refractivity contribution >= 4 is 6.09 Å². The fourth-order valence-corrected chi connectivity index (χ4v) is 2.05. The van der Waals surface area contributed by atoms with Crippen molar-refractivity contribution in [1.29, 1.82) is 0 Å². The van der Waals surface area contributed by atoms with Gasteiger partial charge in [-0.15, -0.1) is 0 Å². The Morgan fingerprint density at radius 3 is 2.39 bits per heavy atom. The van der Waals surface area contributed by atoms with Crippen molar-refractivity contribution in [3.63, 3.8) is 0 Å². The van der Waals surface area contributed by atoms with E-state index >= 15 is 0 Å². The summed E-state index contributed by atoms with van der Waals surface area (Å²) >= 11 is 0. The predicted octanol–water partition coefficient (Wildman–Crippen LogP) is 2.63. The average molecular weight is 256 g/mol. The van der Waals surface area contributed by atoms with Crippen LogP contribution in [-0.4, -0.2) is 42.8 Å². The van der Waals surface area contributed by atoms with E-state index in [9.17, 15) is 4.79 Å². The van der Waals surface area contributed by atoms with Gasteiger partial charge < -0.3 is 15.0 Å². The molecule has 1 amide bonds. The highest BCUT2D eigenvalue weighted by Crippen LogP contribution is 2.21. The molecule has 0 aliphatic carbocycles. The maximum absolute atomic E-state index is 11.6. The standard InChI is InChI=1S/C14H28N2O2/c1-6-18-13(17)16-9-7-12(8-10-16)15-11(2)14(3,4)5/h11-12,15H,6-10H2,1-5H3. The highest BCUT2D eigenvalue weighted by molar-refractivity contribution is 5.67. The first-order valence-electron chi connectivity index (χ1n) is 7.02. The second kappa shape index (κ2) is 6.41. The van der Waals surface area contributed by atoms with E-state index in [2.05, 4.69) is 33.0 Å². The third-order valence-corrected chi connectivity index (χ3v) is 3.81. The Bertz CT molecular complexity index is 265. The Morgan fingerprint density at radius 2 is 1.94 bits per heavy atom. The van der Waals surface area contributed by atoms with Gasteiger partial charge in [0.25, 0.3) is 0 Å². The number of likely N-dealkylation sites (tertiary alicyclic amines) is 1. The van der Waals surface area contributed by atoms with Gasteiger partial charge in [0, 0.05) is 25.2 Å². The van der Waals surface area contributed by atoms with E-state index in [-0.39, 0.29) is 11.5 Å². The molecule has 0 aromatic rings. The van der Waals surface area contributed by atoms with E-state index in [0.29, 0.717) is 18.7 Å². The molecule has 4 nitrogen and oxygen atoms in total. The normalized spacial score (nSPS) is 19.7. The number of ether oxygens (including phenoxy) is 1. The second-order valence-electron chi connectivity index (χ2n) is 6.21. The molecule has 1 unspecified atom stereocenters. The third kappa shape index (κ3) is 4.48. The molecule has 1 rings (SSSR count). The third-order valence-electron chi connectivity index (χ3n) is 3.81. The first kappa shape index (κ1) is 15.3. The molecule has 1 aliphatic rings. The quantitative estimate of drug-likeness (QED) is 0.844. The number of piperidine rings is 1. The highest BCUT2D eigenvalue weighted by atomic mass is 16.6. The van der Waals surface area contributed by atoms with Crippen LogP contribution in [0.4, 0.5) is 4.79 Å². The molecule has 106 valence electrons. The van der Waals surface area contributed by atoms with Gasteiger partial charge >= 0.3 is 6.09 Å². The molecule has 0 radical (unpaired) electrons. The molecular formula is C14H28N2O2. The summed E-state index contributed by atoms with van der Waals surface area (Å²) in [7, 11) is 0. The number of nitrogens with one attached hydrogen (secondary N) is 1. The van der Waals surface area contributed by atoms with Crippen LogP contribution in [-0.2, 0) is 4.74 Å². The molecule has 1 atom stereocenters. The van der Waals surface area contributed by atoms with Gasteiger partial charge in [-0.3, -0.25) is 0 Å². The first-order chi connectivity index (χ1) is 8.34. The van der Waals surface area contributed by atoms with E-state index < -0.39 is 0 Å². The largest absolute Gasteiger partial charge is 0.450 e. The SMILES string of the molecule is CCOC(=O)N1CCC(NC(C)C(C)(C)C)CC1. The van der Waals surface area contributed by atoms with Crippen LogP contribution in [0, 0.1) is 5.41 Å². The number of rotatable bonds is 3. The highest BCUT2D eigenvalue weighted by Gasteiger charge is 2.27. The second-order valence-corrected chi connectivity index (χ2v) is 6.21. The van der Waals surface area contributed by atoms with Crippen LogP contribution in [0.3, 0.4) is 0 Å². The Kier molecular flexibility index (Phi) is 5.45. The molecule has 0 aromatic heterocycles. The molecule has 0 aromatic carbocycles. The smallest absolute Gasteiger partial charge is 0.409 e. The van der Waals surface area contributed by atoms with Crippen LogP contribution in [0.5, 0.6) is 0 Å². The monoisotopic (exact) mass is 256 g/mol. The summed E-state index contributed by atoms with van der Waals surface area (Å²) in [4.78, 5) is 13.4. The van der Waals surface area contributed by atoms with Crippen LogP contribution in [0.15, 0.2) is 0 Å². The van der Waals surface area contributed by atoms with Crippen molar-refractivity contribution in [2.45, 2.75) is 59.5 Å². The zero-order valence-corrected chi connectivity index (χ0v) is 12.5. The lowest BCUT2D eigenvalue weighted by molar-refractivity contribution is 0.0924. The maximum atomic E-state index is 11.6. The average Bonchev–Trinajstić information content (AvgIpc) is 2.29. The molecular weight excluding hydrogens is 228 g/mol. The number of hydrogen-bond acceptors (Lipinski definition) is 3. The Balaban J connectivity index is 2.33. The van der Waals surface area contributed by atoms with Crippen molar-refractivity contribution in [2.75, 3.05) is 19.7 Å². The lowest BCUT2D eigenvalue weighted by Gasteiger charge is -2.37. The molecule has 0 spiro atoms. The van der Waals surface area contributed by atoms with E-state index in [4.69, 9.17) is 4.74 Å². The molecule has 1 heterocycles. The molecule has 1 saturated heterocycles. The number of carbonyl (C=O) groups is 1. The molecule has 0 saturated carbocycles. The topological polar surface area (TPSA) is 41.6 Å². The fraction of sp³-hybridized carbons (Fsp3) is 0.929. The molecule has 1 aliphatic heterocycles. The summed E-state index contributed by atoms with van der Waals surface area (Å²) in [6, 6.07) is 1.00. The Labute approximate surface area is 111 Å². The molecule has 18 heavy (non-hydrogen) atoms. The number of carbonyl (C=O) groups excluding carboxylic acids is 1. The zero-order valence-electron chi connectivity index (χ0n) is 12.5. The minimum Gasteiger partial charge on any atom is -0.450 e.